The van der Waals surface area contributed by atoms with Crippen molar-refractivity contribution in [1.82, 2.24) is 0 Å². The maximum absolute atomic E-state index is 10.6. The first-order valence-electron chi connectivity index (χ1n) is 3.82. The SMILES string of the molecule is C=CC(=O)OCCS(C)(Cl)CC(=O)O. The van der Waals surface area contributed by atoms with Gasteiger partial charge in [-0.05, 0) is 6.26 Å². The van der Waals surface area contributed by atoms with Gasteiger partial charge in [0.2, 0.25) is 0 Å². The first-order valence-corrected chi connectivity index (χ1v) is 7.02. The van der Waals surface area contributed by atoms with Crippen molar-refractivity contribution < 1.29 is 19.4 Å². The van der Waals surface area contributed by atoms with E-state index in [1.807, 2.05) is 0 Å². The summed E-state index contributed by atoms with van der Waals surface area (Å²) in [5.41, 5.74) is 0. The highest BCUT2D eigenvalue weighted by Gasteiger charge is 2.19. The zero-order valence-corrected chi connectivity index (χ0v) is 9.44. The highest BCUT2D eigenvalue weighted by atomic mass is 35.7. The fraction of sp³-hybridized carbons (Fsp3) is 0.500. The van der Waals surface area contributed by atoms with Crippen molar-refractivity contribution in [1.29, 1.82) is 0 Å². The maximum Gasteiger partial charge on any atom is 0.330 e. The van der Waals surface area contributed by atoms with E-state index in [4.69, 9.17) is 20.5 Å². The predicted molar refractivity (Wildman–Crippen MR) is 57.9 cm³/mol. The van der Waals surface area contributed by atoms with Crippen molar-refractivity contribution in [2.24, 2.45) is 0 Å². The van der Waals surface area contributed by atoms with Crippen LogP contribution in [0.25, 0.3) is 0 Å². The highest BCUT2D eigenvalue weighted by Crippen LogP contribution is 2.48. The first kappa shape index (κ1) is 13.3. The van der Waals surface area contributed by atoms with Crippen molar-refractivity contribution in [3.8, 4) is 0 Å². The van der Waals surface area contributed by atoms with Gasteiger partial charge < -0.3 is 9.84 Å². The van der Waals surface area contributed by atoms with Crippen LogP contribution in [0, 0.1) is 0 Å². The third-order valence-corrected chi connectivity index (χ3v) is 4.00. The number of esters is 1. The summed E-state index contributed by atoms with van der Waals surface area (Å²) in [6.07, 6.45) is 2.72. The molecule has 0 spiro atoms. The van der Waals surface area contributed by atoms with Gasteiger partial charge in [-0.15, -0.1) is 0 Å². The zero-order chi connectivity index (χ0) is 11.2. The lowest BCUT2D eigenvalue weighted by Gasteiger charge is -2.24. The number of halogens is 1. The molecule has 1 N–H and O–H groups in total. The van der Waals surface area contributed by atoms with Crippen LogP contribution in [0.4, 0.5) is 0 Å². The van der Waals surface area contributed by atoms with Gasteiger partial charge in [-0.25, -0.2) is 4.79 Å². The zero-order valence-electron chi connectivity index (χ0n) is 7.86. The van der Waals surface area contributed by atoms with Gasteiger partial charge in [-0.2, -0.15) is 9.24 Å². The quantitative estimate of drug-likeness (QED) is 0.563. The number of hydrogen-bond donors (Lipinski definition) is 1. The standard InChI is InChI=1S/C8H13ClO4S/c1-3-8(12)13-4-5-14(2,9)6-7(10)11/h3H,1,4-6H2,2H3,(H,10,11). The summed E-state index contributed by atoms with van der Waals surface area (Å²) >= 11 is 0. The molecule has 0 aromatic rings. The molecule has 0 bridgehead atoms. The molecule has 82 valence electrons. The molecule has 0 aliphatic rings. The van der Waals surface area contributed by atoms with Crippen LogP contribution >= 0.6 is 19.9 Å². The van der Waals surface area contributed by atoms with Gasteiger partial charge in [-0.3, -0.25) is 4.79 Å². The van der Waals surface area contributed by atoms with Crippen LogP contribution in [0.5, 0.6) is 0 Å². The molecular weight excluding hydrogens is 228 g/mol. The van der Waals surface area contributed by atoms with Gasteiger partial charge in [-0.1, -0.05) is 17.3 Å². The molecule has 0 amide bonds. The third-order valence-electron chi connectivity index (χ3n) is 1.34. The summed E-state index contributed by atoms with van der Waals surface area (Å²) in [4.78, 5) is 21.0. The number of carboxylic acid groups (broad SMARTS) is 1. The van der Waals surface area contributed by atoms with Crippen LogP contribution in [-0.4, -0.2) is 41.4 Å². The fourth-order valence-corrected chi connectivity index (χ4v) is 2.26. The van der Waals surface area contributed by atoms with Gasteiger partial charge in [0, 0.05) is 11.8 Å². The minimum atomic E-state index is -1.72. The van der Waals surface area contributed by atoms with E-state index in [9.17, 15) is 9.59 Å². The number of aliphatic carboxylic acids is 1. The van der Waals surface area contributed by atoms with Crippen molar-refractivity contribution in [3.63, 3.8) is 0 Å². The normalized spacial score (nSPS) is 16.4. The Bertz CT molecular complexity index is 239. The lowest BCUT2D eigenvalue weighted by molar-refractivity contribution is -0.137. The summed E-state index contributed by atoms with van der Waals surface area (Å²) in [6.45, 7) is 3.36. The van der Waals surface area contributed by atoms with Gasteiger partial charge in [0.1, 0.15) is 6.61 Å². The largest absolute Gasteiger partial charge is 0.481 e. The lowest BCUT2D eigenvalue weighted by Crippen LogP contribution is -2.15. The first-order chi connectivity index (χ1) is 6.37. The summed E-state index contributed by atoms with van der Waals surface area (Å²) in [7, 11) is 4.22. The Morgan fingerprint density at radius 1 is 1.64 bits per heavy atom. The Morgan fingerprint density at radius 2 is 2.21 bits per heavy atom. The average molecular weight is 241 g/mol. The van der Waals surface area contributed by atoms with Gasteiger partial charge >= 0.3 is 11.9 Å². The molecule has 0 aliphatic heterocycles. The van der Waals surface area contributed by atoms with Crippen LogP contribution in [0.15, 0.2) is 12.7 Å². The van der Waals surface area contributed by atoms with Crippen molar-refractivity contribution in [3.05, 3.63) is 12.7 Å². The monoisotopic (exact) mass is 240 g/mol. The molecule has 0 heterocycles. The van der Waals surface area contributed by atoms with Crippen LogP contribution in [-0.2, 0) is 14.3 Å². The predicted octanol–water partition coefficient (Wildman–Crippen LogP) is 1.39. The fourth-order valence-electron chi connectivity index (χ4n) is 0.705. The second-order valence-electron chi connectivity index (χ2n) is 2.77. The minimum absolute atomic E-state index is 0.0831. The van der Waals surface area contributed by atoms with Gasteiger partial charge in [0.15, 0.2) is 0 Å². The van der Waals surface area contributed by atoms with Crippen LogP contribution in [0.3, 0.4) is 0 Å². The molecule has 0 fully saturated rings. The molecule has 1 unspecified atom stereocenters. The van der Waals surface area contributed by atoms with E-state index in [-0.39, 0.29) is 12.4 Å². The molecule has 14 heavy (non-hydrogen) atoms. The molecule has 4 nitrogen and oxygen atoms in total. The van der Waals surface area contributed by atoms with Crippen molar-refractivity contribution in [2.75, 3.05) is 24.4 Å². The minimum Gasteiger partial charge on any atom is -0.481 e. The molecule has 0 aromatic carbocycles. The Labute approximate surface area is 88.7 Å². The topological polar surface area (TPSA) is 63.6 Å². The number of carboxylic acids is 1. The van der Waals surface area contributed by atoms with E-state index in [1.165, 1.54) is 0 Å². The van der Waals surface area contributed by atoms with E-state index >= 15 is 0 Å². The highest BCUT2D eigenvalue weighted by molar-refractivity contribution is 8.51. The molecule has 1 atom stereocenters. The molecule has 6 heteroatoms. The summed E-state index contributed by atoms with van der Waals surface area (Å²) in [5.74, 6) is -1.17. The maximum atomic E-state index is 10.6. The molecule has 0 rings (SSSR count). The summed E-state index contributed by atoms with van der Waals surface area (Å²) in [6, 6.07) is 0. The van der Waals surface area contributed by atoms with E-state index < -0.39 is 21.2 Å². The van der Waals surface area contributed by atoms with Crippen LogP contribution in [0.1, 0.15) is 0 Å². The third kappa shape index (κ3) is 6.80. The smallest absolute Gasteiger partial charge is 0.330 e. The number of rotatable bonds is 6. The van der Waals surface area contributed by atoms with Crippen LogP contribution in [0.2, 0.25) is 0 Å². The molecule has 0 saturated heterocycles. The molecule has 0 aromatic heterocycles. The number of carbonyl (C=O) groups excluding carboxylic acids is 1. The van der Waals surface area contributed by atoms with Crippen molar-refractivity contribution >= 4 is 31.9 Å². The van der Waals surface area contributed by atoms with Crippen LogP contribution < -0.4 is 0 Å². The van der Waals surface area contributed by atoms with Gasteiger partial charge in [0.05, 0.1) is 5.75 Å². The number of hydrogen-bond acceptors (Lipinski definition) is 3. The lowest BCUT2D eigenvalue weighted by atomic mass is 10.6. The Balaban J connectivity index is 3.81. The average Bonchev–Trinajstić information content (AvgIpc) is 2.01. The van der Waals surface area contributed by atoms with E-state index in [2.05, 4.69) is 6.58 Å². The molecule has 0 saturated carbocycles. The second kappa shape index (κ2) is 5.93. The molecule has 0 radical (unpaired) electrons. The Hall–Kier alpha value is -0.680. The summed E-state index contributed by atoms with van der Waals surface area (Å²) in [5, 5.41) is 8.52. The van der Waals surface area contributed by atoms with Crippen molar-refractivity contribution in [2.45, 2.75) is 0 Å². The molecule has 0 aliphatic carbocycles. The Morgan fingerprint density at radius 3 is 2.64 bits per heavy atom. The van der Waals surface area contributed by atoms with E-state index in [0.29, 0.717) is 5.75 Å². The number of carbonyl (C=O) groups is 2. The van der Waals surface area contributed by atoms with E-state index in [0.717, 1.165) is 6.08 Å². The second-order valence-corrected chi connectivity index (χ2v) is 8.01. The van der Waals surface area contributed by atoms with E-state index in [1.54, 1.807) is 6.26 Å². The van der Waals surface area contributed by atoms with Gasteiger partial charge in [0.25, 0.3) is 0 Å². The summed E-state index contributed by atoms with van der Waals surface area (Å²) < 4.78 is 4.70. The Kier molecular flexibility index (Phi) is 5.64. The number of ether oxygens (including phenoxy) is 1. The molecular formula is C8H13ClO4S.